The van der Waals surface area contributed by atoms with Crippen molar-refractivity contribution in [3.63, 3.8) is 0 Å². The van der Waals surface area contributed by atoms with E-state index in [-0.39, 0.29) is 11.8 Å². The summed E-state index contributed by atoms with van der Waals surface area (Å²) in [6, 6.07) is 0. The number of carbonyl (C=O) groups excluding carboxylic acids is 1. The molecule has 1 aliphatic heterocycles. The van der Waals surface area contributed by atoms with Crippen LogP contribution in [0.25, 0.3) is 0 Å². The van der Waals surface area contributed by atoms with Gasteiger partial charge in [-0.15, -0.1) is 11.3 Å². The summed E-state index contributed by atoms with van der Waals surface area (Å²) in [5, 5.41) is 2.78. The number of imidazole rings is 1. The van der Waals surface area contributed by atoms with Gasteiger partial charge in [-0.25, -0.2) is 9.97 Å². The molecule has 0 radical (unpaired) electrons. The molecule has 1 atom stereocenters. The minimum atomic E-state index is 0.0362. The maximum atomic E-state index is 12.6. The lowest BCUT2D eigenvalue weighted by Crippen LogP contribution is -2.40. The molecule has 0 spiro atoms. The van der Waals surface area contributed by atoms with Crippen molar-refractivity contribution in [1.29, 1.82) is 0 Å². The Bertz CT molecular complexity index is 667. The number of thiazole rings is 1. The molecule has 6 nitrogen and oxygen atoms in total. The van der Waals surface area contributed by atoms with Crippen molar-refractivity contribution in [2.45, 2.75) is 32.2 Å². The van der Waals surface area contributed by atoms with Crippen LogP contribution in [-0.2, 0) is 11.3 Å². The number of aromatic nitrogens is 3. The summed E-state index contributed by atoms with van der Waals surface area (Å²) in [5.74, 6) is 1.36. The van der Waals surface area contributed by atoms with Crippen LogP contribution in [0.5, 0.6) is 0 Å². The summed E-state index contributed by atoms with van der Waals surface area (Å²) < 4.78 is 7.29. The number of likely N-dealkylation sites (tertiary alicyclic amines) is 1. The van der Waals surface area contributed by atoms with Crippen LogP contribution in [0.1, 0.15) is 40.1 Å². The van der Waals surface area contributed by atoms with Gasteiger partial charge in [-0.2, -0.15) is 0 Å². The lowest BCUT2D eigenvalue weighted by atomic mass is 9.97. The van der Waals surface area contributed by atoms with Gasteiger partial charge in [0.1, 0.15) is 11.5 Å². The summed E-state index contributed by atoms with van der Waals surface area (Å²) in [7, 11) is 1.70. The van der Waals surface area contributed by atoms with Crippen LogP contribution in [0.4, 0.5) is 0 Å². The van der Waals surface area contributed by atoms with E-state index in [0.29, 0.717) is 18.8 Å². The third-order valence-corrected chi connectivity index (χ3v) is 4.97. The molecular weight excluding hydrogens is 312 g/mol. The van der Waals surface area contributed by atoms with E-state index in [1.54, 1.807) is 7.11 Å². The van der Waals surface area contributed by atoms with Crippen LogP contribution in [-0.4, -0.2) is 52.1 Å². The normalized spacial score (nSPS) is 18.3. The molecule has 1 aliphatic rings. The second kappa shape index (κ2) is 7.23. The maximum Gasteiger partial charge on any atom is 0.273 e. The molecule has 3 heterocycles. The van der Waals surface area contributed by atoms with Crippen molar-refractivity contribution in [2.24, 2.45) is 0 Å². The fraction of sp³-hybridized carbons (Fsp3) is 0.562. The van der Waals surface area contributed by atoms with Gasteiger partial charge in [0.2, 0.25) is 0 Å². The van der Waals surface area contributed by atoms with Gasteiger partial charge < -0.3 is 14.2 Å². The molecule has 0 aliphatic carbocycles. The Balaban J connectivity index is 1.71. The number of aryl methyl sites for hydroxylation is 1. The fourth-order valence-corrected chi connectivity index (χ4v) is 3.64. The zero-order chi connectivity index (χ0) is 16.2. The predicted molar refractivity (Wildman–Crippen MR) is 88.8 cm³/mol. The second-order valence-corrected chi connectivity index (χ2v) is 6.88. The number of piperidine rings is 1. The van der Waals surface area contributed by atoms with E-state index in [0.717, 1.165) is 36.8 Å². The van der Waals surface area contributed by atoms with Gasteiger partial charge in [-0.1, -0.05) is 0 Å². The Kier molecular flexibility index (Phi) is 5.07. The zero-order valence-corrected chi connectivity index (χ0v) is 14.4. The van der Waals surface area contributed by atoms with Crippen molar-refractivity contribution in [1.82, 2.24) is 19.4 Å². The molecule has 1 saturated heterocycles. The third kappa shape index (κ3) is 3.61. The molecule has 0 unspecified atom stereocenters. The molecule has 124 valence electrons. The molecule has 7 heteroatoms. The molecule has 23 heavy (non-hydrogen) atoms. The minimum Gasteiger partial charge on any atom is -0.383 e. The van der Waals surface area contributed by atoms with Crippen LogP contribution in [0.15, 0.2) is 17.8 Å². The topological polar surface area (TPSA) is 60.2 Å². The van der Waals surface area contributed by atoms with Crippen LogP contribution >= 0.6 is 11.3 Å². The standard InChI is InChI=1S/C16H22N4O2S/c1-12-18-14(11-23-12)16(21)20-6-3-4-13(10-20)15-17-5-7-19(15)8-9-22-2/h5,7,11,13H,3-4,6,8-10H2,1-2H3/t13-/m1/s1. The van der Waals surface area contributed by atoms with E-state index in [1.807, 2.05) is 29.6 Å². The quantitative estimate of drug-likeness (QED) is 0.842. The van der Waals surface area contributed by atoms with Gasteiger partial charge in [0.05, 0.1) is 11.6 Å². The molecular formula is C16H22N4O2S. The number of nitrogens with zero attached hydrogens (tertiary/aromatic N) is 4. The van der Waals surface area contributed by atoms with Crippen LogP contribution < -0.4 is 0 Å². The summed E-state index contributed by atoms with van der Waals surface area (Å²) in [5.41, 5.74) is 0.566. The van der Waals surface area contributed by atoms with Crippen molar-refractivity contribution in [3.05, 3.63) is 34.3 Å². The second-order valence-electron chi connectivity index (χ2n) is 5.81. The number of ether oxygens (including phenoxy) is 1. The zero-order valence-electron chi connectivity index (χ0n) is 13.6. The summed E-state index contributed by atoms with van der Waals surface area (Å²) in [6.45, 7) is 4.88. The highest BCUT2D eigenvalue weighted by molar-refractivity contribution is 7.09. The highest BCUT2D eigenvalue weighted by Crippen LogP contribution is 2.27. The lowest BCUT2D eigenvalue weighted by molar-refractivity contribution is 0.0697. The van der Waals surface area contributed by atoms with Crippen molar-refractivity contribution in [3.8, 4) is 0 Å². The summed E-state index contributed by atoms with van der Waals surface area (Å²) >= 11 is 1.52. The molecule has 0 aromatic carbocycles. The molecule has 0 bridgehead atoms. The number of rotatable bonds is 5. The van der Waals surface area contributed by atoms with Gasteiger partial charge in [0.25, 0.3) is 5.91 Å². The van der Waals surface area contributed by atoms with E-state index in [4.69, 9.17) is 4.74 Å². The molecule has 0 N–H and O–H groups in total. The first-order valence-corrected chi connectivity index (χ1v) is 8.78. The van der Waals surface area contributed by atoms with Crippen molar-refractivity contribution < 1.29 is 9.53 Å². The van der Waals surface area contributed by atoms with E-state index < -0.39 is 0 Å². The van der Waals surface area contributed by atoms with Crippen molar-refractivity contribution in [2.75, 3.05) is 26.8 Å². The largest absolute Gasteiger partial charge is 0.383 e. The van der Waals surface area contributed by atoms with E-state index in [2.05, 4.69) is 14.5 Å². The molecule has 0 saturated carbocycles. The van der Waals surface area contributed by atoms with Gasteiger partial charge in [-0.3, -0.25) is 4.79 Å². The molecule has 2 aromatic heterocycles. The number of amides is 1. The summed E-state index contributed by atoms with van der Waals surface area (Å²) in [4.78, 5) is 23.4. The van der Waals surface area contributed by atoms with Crippen LogP contribution in [0, 0.1) is 6.92 Å². The number of hydrogen-bond donors (Lipinski definition) is 0. The Morgan fingerprint density at radius 1 is 1.52 bits per heavy atom. The van der Waals surface area contributed by atoms with Gasteiger partial charge in [0, 0.05) is 50.4 Å². The molecule has 3 rings (SSSR count). The number of hydrogen-bond acceptors (Lipinski definition) is 5. The van der Waals surface area contributed by atoms with Gasteiger partial charge in [0.15, 0.2) is 0 Å². The molecule has 1 amide bonds. The average Bonchev–Trinajstić information content (AvgIpc) is 3.21. The average molecular weight is 334 g/mol. The summed E-state index contributed by atoms with van der Waals surface area (Å²) in [6.07, 6.45) is 5.87. The monoisotopic (exact) mass is 334 g/mol. The van der Waals surface area contributed by atoms with Crippen molar-refractivity contribution >= 4 is 17.2 Å². The highest BCUT2D eigenvalue weighted by Gasteiger charge is 2.28. The van der Waals surface area contributed by atoms with Gasteiger partial charge in [-0.05, 0) is 19.8 Å². The lowest BCUT2D eigenvalue weighted by Gasteiger charge is -2.32. The Labute approximate surface area is 140 Å². The van der Waals surface area contributed by atoms with E-state index in [9.17, 15) is 4.79 Å². The third-order valence-electron chi connectivity index (χ3n) is 4.20. The van der Waals surface area contributed by atoms with E-state index >= 15 is 0 Å². The first kappa shape index (κ1) is 16.1. The fourth-order valence-electron chi connectivity index (χ4n) is 3.06. The SMILES string of the molecule is COCCn1ccnc1[C@@H]1CCCN(C(=O)c2csc(C)n2)C1. The Morgan fingerprint density at radius 3 is 3.13 bits per heavy atom. The van der Waals surface area contributed by atoms with Crippen LogP contribution in [0.3, 0.4) is 0 Å². The maximum absolute atomic E-state index is 12.6. The first-order chi connectivity index (χ1) is 11.2. The molecule has 1 fully saturated rings. The smallest absolute Gasteiger partial charge is 0.273 e. The number of methoxy groups -OCH3 is 1. The number of carbonyl (C=O) groups is 1. The Morgan fingerprint density at radius 2 is 2.39 bits per heavy atom. The minimum absolute atomic E-state index is 0.0362. The van der Waals surface area contributed by atoms with E-state index in [1.165, 1.54) is 11.3 Å². The Hall–Kier alpha value is -1.73. The molecule has 2 aromatic rings. The van der Waals surface area contributed by atoms with Crippen LogP contribution in [0.2, 0.25) is 0 Å². The van der Waals surface area contributed by atoms with Gasteiger partial charge >= 0.3 is 0 Å². The predicted octanol–water partition coefficient (Wildman–Crippen LogP) is 2.31. The highest BCUT2D eigenvalue weighted by atomic mass is 32.1. The first-order valence-electron chi connectivity index (χ1n) is 7.90.